The summed E-state index contributed by atoms with van der Waals surface area (Å²) in [5.41, 5.74) is 0. The van der Waals surface area contributed by atoms with Gasteiger partial charge in [-0.3, -0.25) is 7.91 Å². The van der Waals surface area contributed by atoms with Crippen LogP contribution in [-0.2, 0) is 4.79 Å². The molecular weight excluding hydrogens is 345 g/mol. The van der Waals surface area contributed by atoms with E-state index in [-0.39, 0.29) is 23.1 Å². The molecule has 0 fully saturated rings. The van der Waals surface area contributed by atoms with Crippen molar-refractivity contribution in [2.75, 3.05) is 6.26 Å². The molecule has 0 aromatic rings. The molecule has 0 aromatic heterocycles. The van der Waals surface area contributed by atoms with Gasteiger partial charge in [0, 0.05) is 11.3 Å². The summed E-state index contributed by atoms with van der Waals surface area (Å²) < 4.78 is 1.79. The maximum atomic E-state index is 12.4. The predicted octanol–water partition coefficient (Wildman–Crippen LogP) is 4.07. The Kier molecular flexibility index (Phi) is 9.04. The number of carbonyl (C=O) groups excluding carboxylic acids is 1. The van der Waals surface area contributed by atoms with Crippen molar-refractivity contribution in [1.29, 1.82) is 0 Å². The molecule has 0 bridgehead atoms. The van der Waals surface area contributed by atoms with Gasteiger partial charge < -0.3 is 0 Å². The molecule has 0 spiro atoms. The SMILES string of the molecule is C/C=C\C(SC)C(/C=C\C)C(=O)N(I)C(C)C. The molecule has 2 atom stereocenters. The van der Waals surface area contributed by atoms with Crippen LogP contribution in [0.4, 0.5) is 0 Å². The van der Waals surface area contributed by atoms with E-state index in [9.17, 15) is 4.79 Å². The molecule has 0 radical (unpaired) electrons. The van der Waals surface area contributed by atoms with Crippen LogP contribution in [0.3, 0.4) is 0 Å². The first kappa shape index (κ1) is 17.0. The smallest absolute Gasteiger partial charge is 0.239 e. The van der Waals surface area contributed by atoms with Gasteiger partial charge in [0.15, 0.2) is 0 Å². The second-order valence-corrected chi connectivity index (χ2v) is 6.08. The molecule has 2 unspecified atom stereocenters. The largest absolute Gasteiger partial charge is 0.282 e. The minimum Gasteiger partial charge on any atom is -0.282 e. The summed E-state index contributed by atoms with van der Waals surface area (Å²) >= 11 is 3.82. The number of nitrogens with zero attached hydrogens (tertiary/aromatic N) is 1. The zero-order valence-electron chi connectivity index (χ0n) is 11.2. The monoisotopic (exact) mass is 367 g/mol. The topological polar surface area (TPSA) is 20.3 Å². The average Bonchev–Trinajstić information content (AvgIpc) is 2.31. The first-order valence-corrected chi connectivity index (χ1v) is 8.02. The van der Waals surface area contributed by atoms with Gasteiger partial charge in [0.05, 0.1) is 28.8 Å². The summed E-state index contributed by atoms with van der Waals surface area (Å²) in [6.45, 7) is 8.01. The second-order valence-electron chi connectivity index (χ2n) is 4.02. The number of allylic oxidation sites excluding steroid dienone is 2. The highest BCUT2D eigenvalue weighted by atomic mass is 127. The van der Waals surface area contributed by atoms with E-state index in [1.165, 1.54) is 0 Å². The molecule has 0 saturated heterocycles. The molecule has 0 N–H and O–H groups in total. The molecule has 4 heteroatoms. The third-order valence-corrected chi connectivity index (χ3v) is 4.94. The highest BCUT2D eigenvalue weighted by Gasteiger charge is 2.27. The van der Waals surface area contributed by atoms with Crippen molar-refractivity contribution < 1.29 is 4.79 Å². The van der Waals surface area contributed by atoms with Crippen LogP contribution in [0.1, 0.15) is 27.7 Å². The van der Waals surface area contributed by atoms with E-state index >= 15 is 0 Å². The Morgan fingerprint density at radius 1 is 1.24 bits per heavy atom. The fourth-order valence-corrected chi connectivity index (χ4v) is 2.61. The van der Waals surface area contributed by atoms with Gasteiger partial charge in [-0.2, -0.15) is 11.8 Å². The lowest BCUT2D eigenvalue weighted by Crippen LogP contribution is -2.36. The highest BCUT2D eigenvalue weighted by Crippen LogP contribution is 2.25. The highest BCUT2D eigenvalue weighted by molar-refractivity contribution is 14.1. The number of halogens is 1. The molecule has 0 rings (SSSR count). The van der Waals surface area contributed by atoms with E-state index in [1.807, 2.05) is 52.2 Å². The number of hydrogen-bond donors (Lipinski definition) is 0. The summed E-state index contributed by atoms with van der Waals surface area (Å²) in [7, 11) is 0. The van der Waals surface area contributed by atoms with Crippen LogP contribution in [0.2, 0.25) is 0 Å². The van der Waals surface area contributed by atoms with Crippen LogP contribution in [0.25, 0.3) is 0 Å². The summed E-state index contributed by atoms with van der Waals surface area (Å²) in [5.74, 6) is 0.0988. The summed E-state index contributed by atoms with van der Waals surface area (Å²) in [4.78, 5) is 12.4. The van der Waals surface area contributed by atoms with Crippen molar-refractivity contribution >= 4 is 40.5 Å². The standard InChI is InChI=1S/C13H22INOS/c1-6-8-11(12(17-5)9-7-2)13(16)15(14)10(3)4/h6-12H,1-5H3/b8-6-,9-7-. The molecule has 0 saturated carbocycles. The molecule has 0 aliphatic rings. The third kappa shape index (κ3) is 5.46. The Morgan fingerprint density at radius 2 is 1.76 bits per heavy atom. The summed E-state index contributed by atoms with van der Waals surface area (Å²) in [6, 6.07) is 0.226. The Morgan fingerprint density at radius 3 is 2.12 bits per heavy atom. The van der Waals surface area contributed by atoms with Crippen molar-refractivity contribution in [3.05, 3.63) is 24.3 Å². The van der Waals surface area contributed by atoms with E-state index in [0.29, 0.717) is 0 Å². The first-order valence-electron chi connectivity index (χ1n) is 5.76. The molecule has 0 aliphatic carbocycles. The lowest BCUT2D eigenvalue weighted by Gasteiger charge is -2.26. The van der Waals surface area contributed by atoms with Crippen molar-refractivity contribution in [1.82, 2.24) is 3.11 Å². The average molecular weight is 367 g/mol. The van der Waals surface area contributed by atoms with Crippen molar-refractivity contribution in [2.24, 2.45) is 5.92 Å². The van der Waals surface area contributed by atoms with Gasteiger partial charge >= 0.3 is 0 Å². The maximum Gasteiger partial charge on any atom is 0.239 e. The number of thioether (sulfide) groups is 1. The van der Waals surface area contributed by atoms with Gasteiger partial charge in [0.25, 0.3) is 0 Å². The zero-order chi connectivity index (χ0) is 13.4. The summed E-state index contributed by atoms with van der Waals surface area (Å²) in [5, 5.41) is 0.208. The number of rotatable bonds is 6. The quantitative estimate of drug-likeness (QED) is 0.401. The Hall–Kier alpha value is 0.0300. The van der Waals surface area contributed by atoms with E-state index in [4.69, 9.17) is 0 Å². The number of hydrogen-bond acceptors (Lipinski definition) is 2. The van der Waals surface area contributed by atoms with Gasteiger partial charge in [0.2, 0.25) is 5.91 Å². The molecule has 98 valence electrons. The minimum absolute atomic E-state index is 0.0782. The third-order valence-electron chi connectivity index (χ3n) is 2.36. The molecule has 0 aromatic carbocycles. The van der Waals surface area contributed by atoms with Crippen LogP contribution in [-0.4, -0.2) is 26.6 Å². The molecule has 17 heavy (non-hydrogen) atoms. The normalized spacial score (nSPS) is 15.7. The predicted molar refractivity (Wildman–Crippen MR) is 86.4 cm³/mol. The van der Waals surface area contributed by atoms with Gasteiger partial charge in [-0.25, -0.2) is 0 Å². The molecule has 0 heterocycles. The molecular formula is C13H22INOS. The van der Waals surface area contributed by atoms with Crippen molar-refractivity contribution in [2.45, 2.75) is 39.0 Å². The second kappa shape index (κ2) is 9.03. The first-order chi connectivity index (χ1) is 7.99. The van der Waals surface area contributed by atoms with Gasteiger partial charge in [-0.1, -0.05) is 24.3 Å². The molecule has 2 nitrogen and oxygen atoms in total. The van der Waals surface area contributed by atoms with Gasteiger partial charge in [-0.05, 0) is 34.0 Å². The van der Waals surface area contributed by atoms with E-state index < -0.39 is 0 Å². The van der Waals surface area contributed by atoms with Gasteiger partial charge in [-0.15, -0.1) is 0 Å². The van der Waals surface area contributed by atoms with Crippen LogP contribution in [0.5, 0.6) is 0 Å². The van der Waals surface area contributed by atoms with Crippen LogP contribution >= 0.6 is 34.6 Å². The fourth-order valence-electron chi connectivity index (χ4n) is 1.47. The van der Waals surface area contributed by atoms with Gasteiger partial charge in [0.1, 0.15) is 0 Å². The Bertz CT molecular complexity index is 289. The zero-order valence-corrected chi connectivity index (χ0v) is 14.2. The Labute approximate surface area is 123 Å². The van der Waals surface area contributed by atoms with Crippen LogP contribution < -0.4 is 0 Å². The Balaban J connectivity index is 5.01. The summed E-state index contributed by atoms with van der Waals surface area (Å²) in [6.07, 6.45) is 10.1. The molecule has 1 amide bonds. The van der Waals surface area contributed by atoms with Crippen LogP contribution in [0, 0.1) is 5.92 Å². The lowest BCUT2D eigenvalue weighted by atomic mass is 10.0. The van der Waals surface area contributed by atoms with Crippen LogP contribution in [0.15, 0.2) is 24.3 Å². The lowest BCUT2D eigenvalue weighted by molar-refractivity contribution is -0.128. The number of amides is 1. The van der Waals surface area contributed by atoms with E-state index in [2.05, 4.69) is 28.9 Å². The van der Waals surface area contributed by atoms with E-state index in [1.54, 1.807) is 14.9 Å². The molecule has 0 aliphatic heterocycles. The van der Waals surface area contributed by atoms with Crippen molar-refractivity contribution in [3.63, 3.8) is 0 Å². The number of carbonyl (C=O) groups is 1. The van der Waals surface area contributed by atoms with Crippen molar-refractivity contribution in [3.8, 4) is 0 Å². The minimum atomic E-state index is -0.0782. The van der Waals surface area contributed by atoms with E-state index in [0.717, 1.165) is 0 Å². The maximum absolute atomic E-state index is 12.4. The fraction of sp³-hybridized carbons (Fsp3) is 0.615.